The quantitative estimate of drug-likeness (QED) is 0.883. The summed E-state index contributed by atoms with van der Waals surface area (Å²) >= 11 is 0. The molecule has 0 bridgehead atoms. The summed E-state index contributed by atoms with van der Waals surface area (Å²) in [5, 5.41) is 6.87. The van der Waals surface area contributed by atoms with Gasteiger partial charge >= 0.3 is 6.18 Å². The van der Waals surface area contributed by atoms with Crippen LogP contribution in [0.4, 0.5) is 24.7 Å². The molecule has 2 amide bonds. The SMILES string of the molecule is CC(C)n1nccc1NC(=O)[C@H]1CC(=O)N(c2cccc(C(F)(F)F)c2)C1. The topological polar surface area (TPSA) is 67.2 Å². The summed E-state index contributed by atoms with van der Waals surface area (Å²) in [7, 11) is 0. The molecule has 1 aromatic carbocycles. The number of hydrogen-bond acceptors (Lipinski definition) is 3. The van der Waals surface area contributed by atoms with Crippen LogP contribution in [-0.2, 0) is 15.8 Å². The third-order valence-corrected chi connectivity index (χ3v) is 4.39. The zero-order chi connectivity index (χ0) is 19.8. The summed E-state index contributed by atoms with van der Waals surface area (Å²) in [4.78, 5) is 26.0. The van der Waals surface area contributed by atoms with Gasteiger partial charge in [-0.15, -0.1) is 0 Å². The highest BCUT2D eigenvalue weighted by atomic mass is 19.4. The molecule has 2 aromatic rings. The van der Waals surface area contributed by atoms with Gasteiger partial charge in [-0.05, 0) is 32.0 Å². The van der Waals surface area contributed by atoms with E-state index in [2.05, 4.69) is 10.4 Å². The number of anilines is 2. The predicted molar refractivity (Wildman–Crippen MR) is 93.1 cm³/mol. The fourth-order valence-corrected chi connectivity index (χ4v) is 3.04. The number of alkyl halides is 3. The molecule has 144 valence electrons. The van der Waals surface area contributed by atoms with E-state index >= 15 is 0 Å². The number of halogens is 3. The average Bonchev–Trinajstić information content (AvgIpc) is 3.21. The van der Waals surface area contributed by atoms with Gasteiger partial charge in [0.1, 0.15) is 5.82 Å². The molecule has 3 rings (SSSR count). The first-order valence-corrected chi connectivity index (χ1v) is 8.49. The number of rotatable bonds is 4. The van der Waals surface area contributed by atoms with Crippen LogP contribution in [0.1, 0.15) is 31.9 Å². The van der Waals surface area contributed by atoms with Crippen molar-refractivity contribution in [2.45, 2.75) is 32.5 Å². The fourth-order valence-electron chi connectivity index (χ4n) is 3.04. The van der Waals surface area contributed by atoms with Crippen LogP contribution in [0.25, 0.3) is 0 Å². The standard InChI is InChI=1S/C18H19F3N4O2/c1-11(2)25-15(6-7-22-25)23-17(27)12-8-16(26)24(10-12)14-5-3-4-13(9-14)18(19,20)21/h3-7,9,11-12H,8,10H2,1-2H3,(H,23,27)/t12-/m0/s1. The molecule has 2 heterocycles. The van der Waals surface area contributed by atoms with Crippen molar-refractivity contribution in [1.82, 2.24) is 9.78 Å². The molecule has 9 heteroatoms. The van der Waals surface area contributed by atoms with Crippen molar-refractivity contribution in [2.24, 2.45) is 5.92 Å². The number of hydrogen-bond donors (Lipinski definition) is 1. The van der Waals surface area contributed by atoms with Crippen LogP contribution in [0.2, 0.25) is 0 Å². The lowest BCUT2D eigenvalue weighted by Crippen LogP contribution is -2.29. The Morgan fingerprint density at radius 2 is 2.04 bits per heavy atom. The lowest BCUT2D eigenvalue weighted by molar-refractivity contribution is -0.137. The Labute approximate surface area is 154 Å². The summed E-state index contributed by atoms with van der Waals surface area (Å²) < 4.78 is 40.3. The van der Waals surface area contributed by atoms with E-state index in [0.717, 1.165) is 12.1 Å². The number of nitrogens with zero attached hydrogens (tertiary/aromatic N) is 3. The minimum Gasteiger partial charge on any atom is -0.312 e. The third kappa shape index (κ3) is 3.96. The van der Waals surface area contributed by atoms with Crippen LogP contribution < -0.4 is 10.2 Å². The van der Waals surface area contributed by atoms with E-state index in [-0.39, 0.29) is 36.5 Å². The van der Waals surface area contributed by atoms with E-state index in [4.69, 9.17) is 0 Å². The van der Waals surface area contributed by atoms with Gasteiger partial charge < -0.3 is 10.2 Å². The first-order chi connectivity index (χ1) is 12.7. The summed E-state index contributed by atoms with van der Waals surface area (Å²) in [6.07, 6.45) is -2.99. The van der Waals surface area contributed by atoms with Crippen LogP contribution in [-0.4, -0.2) is 28.1 Å². The van der Waals surface area contributed by atoms with Crippen molar-refractivity contribution in [1.29, 1.82) is 0 Å². The van der Waals surface area contributed by atoms with Gasteiger partial charge in [-0.3, -0.25) is 9.59 Å². The van der Waals surface area contributed by atoms with Gasteiger partial charge in [0.05, 0.1) is 17.7 Å². The Kier molecular flexibility index (Phi) is 4.95. The molecule has 0 unspecified atom stereocenters. The molecule has 0 radical (unpaired) electrons. The average molecular weight is 380 g/mol. The number of aromatic nitrogens is 2. The summed E-state index contributed by atoms with van der Waals surface area (Å²) in [5.74, 6) is -0.880. The van der Waals surface area contributed by atoms with Crippen LogP contribution in [0, 0.1) is 5.92 Å². The van der Waals surface area contributed by atoms with Gasteiger partial charge in [0, 0.05) is 30.8 Å². The number of nitrogens with one attached hydrogen (secondary N) is 1. The number of carbonyl (C=O) groups excluding carboxylic acids is 2. The second kappa shape index (κ2) is 7.05. The van der Waals surface area contributed by atoms with Crippen LogP contribution in [0.15, 0.2) is 36.5 Å². The molecule has 6 nitrogen and oxygen atoms in total. The van der Waals surface area contributed by atoms with Gasteiger partial charge in [0.15, 0.2) is 0 Å². The Bertz CT molecular complexity index is 860. The molecule has 1 aliphatic rings. The first-order valence-electron chi connectivity index (χ1n) is 8.49. The lowest BCUT2D eigenvalue weighted by Gasteiger charge is -2.18. The van der Waals surface area contributed by atoms with Gasteiger partial charge in [-0.1, -0.05) is 6.07 Å². The van der Waals surface area contributed by atoms with E-state index in [9.17, 15) is 22.8 Å². The Balaban J connectivity index is 1.74. The van der Waals surface area contributed by atoms with Crippen molar-refractivity contribution in [3.8, 4) is 0 Å². The molecular weight excluding hydrogens is 361 g/mol. The van der Waals surface area contributed by atoms with Gasteiger partial charge in [-0.2, -0.15) is 18.3 Å². The molecule has 1 fully saturated rings. The lowest BCUT2D eigenvalue weighted by atomic mass is 10.1. The Morgan fingerprint density at radius 1 is 1.30 bits per heavy atom. The van der Waals surface area contributed by atoms with Crippen LogP contribution in [0.5, 0.6) is 0 Å². The largest absolute Gasteiger partial charge is 0.416 e. The van der Waals surface area contributed by atoms with Crippen molar-refractivity contribution < 1.29 is 22.8 Å². The van der Waals surface area contributed by atoms with E-state index < -0.39 is 17.7 Å². The number of benzene rings is 1. The van der Waals surface area contributed by atoms with Crippen molar-refractivity contribution >= 4 is 23.3 Å². The summed E-state index contributed by atoms with van der Waals surface area (Å²) in [6.45, 7) is 3.86. The zero-order valence-electron chi connectivity index (χ0n) is 14.8. The van der Waals surface area contributed by atoms with Crippen LogP contribution in [0.3, 0.4) is 0 Å². The van der Waals surface area contributed by atoms with E-state index in [1.807, 2.05) is 13.8 Å². The van der Waals surface area contributed by atoms with Crippen LogP contribution >= 0.6 is 0 Å². The molecule has 1 aromatic heterocycles. The molecule has 0 spiro atoms. The maximum atomic E-state index is 12.9. The van der Waals surface area contributed by atoms with Gasteiger partial charge in [-0.25, -0.2) is 4.68 Å². The van der Waals surface area contributed by atoms with Gasteiger partial charge in [0.2, 0.25) is 11.8 Å². The molecule has 0 saturated carbocycles. The van der Waals surface area contributed by atoms with Crippen molar-refractivity contribution in [3.63, 3.8) is 0 Å². The maximum Gasteiger partial charge on any atom is 0.416 e. The normalized spacial score (nSPS) is 17.6. The number of amides is 2. The van der Waals surface area contributed by atoms with E-state index in [1.165, 1.54) is 17.0 Å². The molecule has 1 aliphatic heterocycles. The molecular formula is C18H19F3N4O2. The first kappa shape index (κ1) is 18.9. The number of carbonyl (C=O) groups is 2. The molecule has 0 aliphatic carbocycles. The highest BCUT2D eigenvalue weighted by Crippen LogP contribution is 2.33. The highest BCUT2D eigenvalue weighted by molar-refractivity contribution is 6.03. The monoisotopic (exact) mass is 380 g/mol. The second-order valence-corrected chi connectivity index (χ2v) is 6.70. The van der Waals surface area contributed by atoms with Gasteiger partial charge in [0.25, 0.3) is 0 Å². The predicted octanol–water partition coefficient (Wildman–Crippen LogP) is 3.47. The molecule has 1 N–H and O–H groups in total. The summed E-state index contributed by atoms with van der Waals surface area (Å²) in [6, 6.07) is 6.25. The highest BCUT2D eigenvalue weighted by Gasteiger charge is 2.37. The van der Waals surface area contributed by atoms with E-state index in [1.54, 1.807) is 16.9 Å². The third-order valence-electron chi connectivity index (χ3n) is 4.39. The Morgan fingerprint density at radius 3 is 2.70 bits per heavy atom. The van der Waals surface area contributed by atoms with E-state index in [0.29, 0.717) is 5.82 Å². The molecule has 27 heavy (non-hydrogen) atoms. The molecule has 1 saturated heterocycles. The fraction of sp³-hybridized carbons (Fsp3) is 0.389. The minimum absolute atomic E-state index is 0.0296. The second-order valence-electron chi connectivity index (χ2n) is 6.70. The smallest absolute Gasteiger partial charge is 0.312 e. The van der Waals surface area contributed by atoms with Crippen molar-refractivity contribution in [3.05, 3.63) is 42.1 Å². The summed E-state index contributed by atoms with van der Waals surface area (Å²) in [5.41, 5.74) is -0.695. The zero-order valence-corrected chi connectivity index (χ0v) is 14.8. The Hall–Kier alpha value is -2.84. The minimum atomic E-state index is -4.50. The maximum absolute atomic E-state index is 12.9. The molecule has 1 atom stereocenters. The van der Waals surface area contributed by atoms with Crippen molar-refractivity contribution in [2.75, 3.05) is 16.8 Å².